The molecule has 23 heavy (non-hydrogen) atoms. The Labute approximate surface area is 136 Å². The van der Waals surface area contributed by atoms with E-state index in [1.54, 1.807) is 21.3 Å². The highest BCUT2D eigenvalue weighted by Crippen LogP contribution is 2.46. The van der Waals surface area contributed by atoms with Gasteiger partial charge >= 0.3 is 0 Å². The molecule has 0 saturated heterocycles. The number of benzene rings is 3. The Bertz CT molecular complexity index is 839. The van der Waals surface area contributed by atoms with Gasteiger partial charge in [0.1, 0.15) is 0 Å². The molecule has 0 radical (unpaired) electrons. The number of aryl methyl sites for hydroxylation is 1. The zero-order chi connectivity index (χ0) is 16.4. The minimum atomic E-state index is 0.618. The van der Waals surface area contributed by atoms with Gasteiger partial charge in [-0.05, 0) is 41.1 Å². The maximum atomic E-state index is 5.63. The predicted molar refractivity (Wildman–Crippen MR) is 93.8 cm³/mol. The Hall–Kier alpha value is -2.68. The van der Waals surface area contributed by atoms with Crippen molar-refractivity contribution in [3.05, 3.63) is 54.1 Å². The molecule has 0 N–H and O–H groups in total. The molecule has 0 aliphatic rings. The van der Waals surface area contributed by atoms with E-state index in [0.717, 1.165) is 21.9 Å². The van der Waals surface area contributed by atoms with Gasteiger partial charge in [0.2, 0.25) is 5.75 Å². The van der Waals surface area contributed by atoms with Crippen molar-refractivity contribution >= 4 is 10.8 Å². The van der Waals surface area contributed by atoms with E-state index in [4.69, 9.17) is 14.2 Å². The molecule has 0 bridgehead atoms. The van der Waals surface area contributed by atoms with E-state index in [1.165, 1.54) is 5.56 Å². The van der Waals surface area contributed by atoms with Gasteiger partial charge in [0, 0.05) is 5.39 Å². The first-order valence-corrected chi connectivity index (χ1v) is 7.48. The fourth-order valence-corrected chi connectivity index (χ4v) is 2.98. The quantitative estimate of drug-likeness (QED) is 0.690. The molecule has 0 atom stereocenters. The van der Waals surface area contributed by atoms with E-state index >= 15 is 0 Å². The van der Waals surface area contributed by atoms with E-state index in [2.05, 4.69) is 31.2 Å². The van der Waals surface area contributed by atoms with Crippen LogP contribution in [-0.2, 0) is 0 Å². The van der Waals surface area contributed by atoms with Gasteiger partial charge in [-0.3, -0.25) is 0 Å². The molecular weight excluding hydrogens is 288 g/mol. The standard InChI is InChI=1S/C20H20O3/c1-13-10-15(14-8-6-5-7-9-14)16-12-18(21-2)20(23-4)19(22-3)17(16)11-13/h5-12H,1-4H3. The molecule has 0 aliphatic heterocycles. The van der Waals surface area contributed by atoms with Crippen LogP contribution in [0.4, 0.5) is 0 Å². The average molecular weight is 308 g/mol. The summed E-state index contributed by atoms with van der Waals surface area (Å²) in [4.78, 5) is 0. The van der Waals surface area contributed by atoms with Crippen molar-refractivity contribution in [1.82, 2.24) is 0 Å². The van der Waals surface area contributed by atoms with Crippen molar-refractivity contribution in [2.45, 2.75) is 6.92 Å². The summed E-state index contributed by atoms with van der Waals surface area (Å²) < 4.78 is 16.6. The highest BCUT2D eigenvalue weighted by molar-refractivity contribution is 6.03. The number of rotatable bonds is 4. The van der Waals surface area contributed by atoms with Gasteiger partial charge in [-0.15, -0.1) is 0 Å². The second-order valence-corrected chi connectivity index (χ2v) is 5.42. The highest BCUT2D eigenvalue weighted by Gasteiger charge is 2.18. The van der Waals surface area contributed by atoms with Gasteiger partial charge in [0.25, 0.3) is 0 Å². The van der Waals surface area contributed by atoms with Crippen molar-refractivity contribution in [2.24, 2.45) is 0 Å². The maximum Gasteiger partial charge on any atom is 0.203 e. The van der Waals surface area contributed by atoms with E-state index < -0.39 is 0 Å². The smallest absolute Gasteiger partial charge is 0.203 e. The lowest BCUT2D eigenvalue weighted by Gasteiger charge is -2.17. The Kier molecular flexibility index (Phi) is 4.11. The molecule has 0 amide bonds. The maximum absolute atomic E-state index is 5.63. The van der Waals surface area contributed by atoms with E-state index in [9.17, 15) is 0 Å². The molecule has 118 valence electrons. The monoisotopic (exact) mass is 308 g/mol. The normalized spacial score (nSPS) is 10.6. The number of hydrogen-bond donors (Lipinski definition) is 0. The van der Waals surface area contributed by atoms with Crippen molar-refractivity contribution in [3.63, 3.8) is 0 Å². The second kappa shape index (κ2) is 6.21. The van der Waals surface area contributed by atoms with Gasteiger partial charge in [0.05, 0.1) is 21.3 Å². The molecule has 3 rings (SSSR count). The largest absolute Gasteiger partial charge is 0.493 e. The first kappa shape index (κ1) is 15.2. The molecule has 0 fully saturated rings. The van der Waals surface area contributed by atoms with Crippen LogP contribution in [0.15, 0.2) is 48.5 Å². The van der Waals surface area contributed by atoms with Crippen LogP contribution in [0.5, 0.6) is 17.2 Å². The number of ether oxygens (including phenoxy) is 3. The molecule has 0 aliphatic carbocycles. The van der Waals surface area contributed by atoms with Crippen LogP contribution in [0.1, 0.15) is 5.56 Å². The summed E-state index contributed by atoms with van der Waals surface area (Å²) in [5, 5.41) is 2.10. The average Bonchev–Trinajstić information content (AvgIpc) is 2.60. The third-order valence-corrected chi connectivity index (χ3v) is 3.99. The molecule has 3 aromatic rings. The second-order valence-electron chi connectivity index (χ2n) is 5.42. The lowest BCUT2D eigenvalue weighted by molar-refractivity contribution is 0.327. The van der Waals surface area contributed by atoms with Crippen LogP contribution in [0.2, 0.25) is 0 Å². The summed E-state index contributed by atoms with van der Waals surface area (Å²) in [5.41, 5.74) is 3.48. The van der Waals surface area contributed by atoms with Gasteiger partial charge < -0.3 is 14.2 Å². The number of methoxy groups -OCH3 is 3. The fraction of sp³-hybridized carbons (Fsp3) is 0.200. The van der Waals surface area contributed by atoms with Gasteiger partial charge in [-0.1, -0.05) is 36.4 Å². The Morgan fingerprint density at radius 1 is 0.696 bits per heavy atom. The summed E-state index contributed by atoms with van der Waals surface area (Å²) in [6, 6.07) is 16.6. The zero-order valence-electron chi connectivity index (χ0n) is 13.8. The van der Waals surface area contributed by atoms with Gasteiger partial charge in [-0.25, -0.2) is 0 Å². The van der Waals surface area contributed by atoms with Crippen LogP contribution in [0, 0.1) is 6.92 Å². The van der Waals surface area contributed by atoms with Gasteiger partial charge in [0.15, 0.2) is 11.5 Å². The number of hydrogen-bond acceptors (Lipinski definition) is 3. The van der Waals surface area contributed by atoms with Crippen molar-refractivity contribution < 1.29 is 14.2 Å². The SMILES string of the molecule is COc1cc2c(-c3ccccc3)cc(C)cc2c(OC)c1OC. The highest BCUT2D eigenvalue weighted by atomic mass is 16.5. The molecule has 0 saturated carbocycles. The molecule has 3 aromatic carbocycles. The molecule has 3 heteroatoms. The lowest BCUT2D eigenvalue weighted by atomic mass is 9.95. The van der Waals surface area contributed by atoms with Crippen LogP contribution >= 0.6 is 0 Å². The van der Waals surface area contributed by atoms with Crippen LogP contribution in [-0.4, -0.2) is 21.3 Å². The summed E-state index contributed by atoms with van der Waals surface area (Å²) in [6.45, 7) is 2.09. The summed E-state index contributed by atoms with van der Waals surface area (Å²) in [7, 11) is 4.92. The molecule has 0 aromatic heterocycles. The zero-order valence-corrected chi connectivity index (χ0v) is 13.8. The lowest BCUT2D eigenvalue weighted by Crippen LogP contribution is -1.97. The third-order valence-electron chi connectivity index (χ3n) is 3.99. The van der Waals surface area contributed by atoms with Crippen LogP contribution in [0.3, 0.4) is 0 Å². The minimum Gasteiger partial charge on any atom is -0.493 e. The first-order chi connectivity index (χ1) is 11.2. The Balaban J connectivity index is 2.43. The van der Waals surface area contributed by atoms with Crippen LogP contribution in [0.25, 0.3) is 21.9 Å². The van der Waals surface area contributed by atoms with Gasteiger partial charge in [-0.2, -0.15) is 0 Å². The Morgan fingerprint density at radius 2 is 1.39 bits per heavy atom. The molecule has 0 unspecified atom stereocenters. The fourth-order valence-electron chi connectivity index (χ4n) is 2.98. The summed E-state index contributed by atoms with van der Waals surface area (Å²) in [6.07, 6.45) is 0. The van der Waals surface area contributed by atoms with E-state index in [1.807, 2.05) is 24.3 Å². The minimum absolute atomic E-state index is 0.618. The molecular formula is C20H20O3. The topological polar surface area (TPSA) is 27.7 Å². The Morgan fingerprint density at radius 3 is 2.00 bits per heavy atom. The first-order valence-electron chi connectivity index (χ1n) is 7.48. The summed E-state index contributed by atoms with van der Waals surface area (Å²) in [5.74, 6) is 1.98. The third kappa shape index (κ3) is 2.59. The molecule has 0 spiro atoms. The van der Waals surface area contributed by atoms with Crippen molar-refractivity contribution in [2.75, 3.05) is 21.3 Å². The number of fused-ring (bicyclic) bond motifs is 1. The molecule has 3 nitrogen and oxygen atoms in total. The summed E-state index contributed by atoms with van der Waals surface area (Å²) >= 11 is 0. The van der Waals surface area contributed by atoms with Crippen molar-refractivity contribution in [3.8, 4) is 28.4 Å². The molecule has 0 heterocycles. The van der Waals surface area contributed by atoms with E-state index in [0.29, 0.717) is 17.2 Å². The van der Waals surface area contributed by atoms with Crippen LogP contribution < -0.4 is 14.2 Å². The van der Waals surface area contributed by atoms with Crippen molar-refractivity contribution in [1.29, 1.82) is 0 Å². The predicted octanol–water partition coefficient (Wildman–Crippen LogP) is 4.84. The van der Waals surface area contributed by atoms with E-state index in [-0.39, 0.29) is 0 Å².